The zero-order chi connectivity index (χ0) is 14.8. The molecule has 1 saturated heterocycles. The quantitative estimate of drug-likeness (QED) is 0.844. The van der Waals surface area contributed by atoms with Crippen molar-refractivity contribution in [3.05, 3.63) is 34.1 Å². The van der Waals surface area contributed by atoms with Crippen LogP contribution in [0.5, 0.6) is 0 Å². The molecule has 2 N–H and O–H groups in total. The van der Waals surface area contributed by atoms with Crippen molar-refractivity contribution >= 4 is 34.2 Å². The molecule has 6 heteroatoms. The van der Waals surface area contributed by atoms with Gasteiger partial charge in [-0.15, -0.1) is 12.4 Å². The molecule has 0 bridgehead atoms. The van der Waals surface area contributed by atoms with Crippen LogP contribution in [-0.4, -0.2) is 25.0 Å². The summed E-state index contributed by atoms with van der Waals surface area (Å²) in [5, 5.41) is 6.25. The van der Waals surface area contributed by atoms with Crippen LogP contribution < -0.4 is 10.6 Å². The molecule has 1 aliphatic heterocycles. The van der Waals surface area contributed by atoms with Crippen LogP contribution in [0.15, 0.2) is 22.7 Å². The van der Waals surface area contributed by atoms with E-state index in [1.165, 1.54) is 12.1 Å². The fourth-order valence-electron chi connectivity index (χ4n) is 2.58. The maximum Gasteiger partial charge on any atom is 0.254 e. The van der Waals surface area contributed by atoms with E-state index in [2.05, 4.69) is 40.4 Å². The van der Waals surface area contributed by atoms with Gasteiger partial charge >= 0.3 is 0 Å². The normalized spacial score (nSPS) is 20.5. The van der Waals surface area contributed by atoms with Gasteiger partial charge in [0.2, 0.25) is 0 Å². The predicted molar refractivity (Wildman–Crippen MR) is 88.5 cm³/mol. The number of piperidine rings is 1. The van der Waals surface area contributed by atoms with Gasteiger partial charge in [0, 0.05) is 17.1 Å². The molecule has 0 saturated carbocycles. The standard InChI is InChI=1S/C15H20BrFN2O.ClH/c1-15(2)6-3-7-18-13(15)9-19-14(20)11-8-10(16)4-5-12(11)17;/h4-5,8,13,18H,3,6-7,9H2,1-2H3,(H,19,20);1H. The molecule has 118 valence electrons. The Labute approximate surface area is 139 Å². The predicted octanol–water partition coefficient (Wildman–Crippen LogP) is 3.52. The van der Waals surface area contributed by atoms with E-state index in [1.807, 2.05) is 0 Å². The van der Waals surface area contributed by atoms with E-state index in [0.717, 1.165) is 19.4 Å². The summed E-state index contributed by atoms with van der Waals surface area (Å²) in [7, 11) is 0. The molecule has 21 heavy (non-hydrogen) atoms. The maximum atomic E-state index is 13.6. The van der Waals surface area contributed by atoms with E-state index in [1.54, 1.807) is 6.07 Å². The number of benzene rings is 1. The number of hydrogen-bond donors (Lipinski definition) is 2. The molecule has 1 atom stereocenters. The first-order chi connectivity index (χ1) is 9.40. The van der Waals surface area contributed by atoms with E-state index >= 15 is 0 Å². The molecule has 0 aliphatic carbocycles. The molecule has 0 radical (unpaired) electrons. The maximum absolute atomic E-state index is 13.6. The summed E-state index contributed by atoms with van der Waals surface area (Å²) in [5.74, 6) is -0.867. The van der Waals surface area contributed by atoms with Crippen LogP contribution in [0.3, 0.4) is 0 Å². The summed E-state index contributed by atoms with van der Waals surface area (Å²) in [4.78, 5) is 12.1. The number of hydrogen-bond acceptors (Lipinski definition) is 2. The lowest BCUT2D eigenvalue weighted by atomic mass is 9.77. The van der Waals surface area contributed by atoms with Gasteiger partial charge in [0.05, 0.1) is 5.56 Å². The molecule has 3 nitrogen and oxygen atoms in total. The first-order valence-electron chi connectivity index (χ1n) is 6.87. The highest BCUT2D eigenvalue weighted by atomic mass is 79.9. The van der Waals surface area contributed by atoms with Gasteiger partial charge in [-0.25, -0.2) is 4.39 Å². The Morgan fingerprint density at radius 2 is 2.24 bits per heavy atom. The van der Waals surface area contributed by atoms with Crippen molar-refractivity contribution in [1.29, 1.82) is 0 Å². The van der Waals surface area contributed by atoms with Crippen molar-refractivity contribution in [2.45, 2.75) is 32.7 Å². The van der Waals surface area contributed by atoms with Gasteiger partial charge in [-0.3, -0.25) is 4.79 Å². The second-order valence-corrected chi connectivity index (χ2v) is 6.85. The smallest absolute Gasteiger partial charge is 0.254 e. The molecule has 0 spiro atoms. The highest BCUT2D eigenvalue weighted by Crippen LogP contribution is 2.29. The Kier molecular flexibility index (Phi) is 6.63. The Morgan fingerprint density at radius 3 is 2.90 bits per heavy atom. The van der Waals surface area contributed by atoms with Crippen molar-refractivity contribution in [3.63, 3.8) is 0 Å². The van der Waals surface area contributed by atoms with Gasteiger partial charge in [-0.1, -0.05) is 29.8 Å². The van der Waals surface area contributed by atoms with Crippen molar-refractivity contribution in [2.24, 2.45) is 5.41 Å². The van der Waals surface area contributed by atoms with Crippen LogP contribution in [-0.2, 0) is 0 Å². The number of halogens is 3. The second-order valence-electron chi connectivity index (χ2n) is 5.93. The highest BCUT2D eigenvalue weighted by Gasteiger charge is 2.32. The molecule has 1 aliphatic rings. The third-order valence-electron chi connectivity index (χ3n) is 3.97. The van der Waals surface area contributed by atoms with Crippen LogP contribution in [0.1, 0.15) is 37.0 Å². The molecular formula is C15H21BrClFN2O. The number of carbonyl (C=O) groups is 1. The minimum Gasteiger partial charge on any atom is -0.350 e. The van der Waals surface area contributed by atoms with E-state index in [4.69, 9.17) is 0 Å². The summed E-state index contributed by atoms with van der Waals surface area (Å²) < 4.78 is 14.3. The largest absolute Gasteiger partial charge is 0.350 e. The first-order valence-corrected chi connectivity index (χ1v) is 7.66. The lowest BCUT2D eigenvalue weighted by Gasteiger charge is -2.39. The van der Waals surface area contributed by atoms with Crippen LogP contribution in [0.25, 0.3) is 0 Å². The van der Waals surface area contributed by atoms with E-state index in [-0.39, 0.29) is 35.3 Å². The monoisotopic (exact) mass is 378 g/mol. The van der Waals surface area contributed by atoms with Crippen molar-refractivity contribution in [2.75, 3.05) is 13.1 Å². The fourth-order valence-corrected chi connectivity index (χ4v) is 2.94. The molecule has 1 aromatic rings. The van der Waals surface area contributed by atoms with Crippen LogP contribution in [0.2, 0.25) is 0 Å². The summed E-state index contributed by atoms with van der Waals surface area (Å²) in [5.41, 5.74) is 0.217. The van der Waals surface area contributed by atoms with Crippen LogP contribution in [0.4, 0.5) is 4.39 Å². The minimum absolute atomic E-state index is 0. The van der Waals surface area contributed by atoms with Gasteiger partial charge in [-0.2, -0.15) is 0 Å². The fraction of sp³-hybridized carbons (Fsp3) is 0.533. The molecule has 1 heterocycles. The van der Waals surface area contributed by atoms with Gasteiger partial charge in [0.25, 0.3) is 5.91 Å². The minimum atomic E-state index is -0.499. The SMILES string of the molecule is CC1(C)CCCNC1CNC(=O)c1cc(Br)ccc1F.Cl. The third-order valence-corrected chi connectivity index (χ3v) is 4.46. The molecule has 1 aromatic carbocycles. The Hall–Kier alpha value is -0.650. The van der Waals surface area contributed by atoms with Crippen molar-refractivity contribution in [1.82, 2.24) is 10.6 Å². The Morgan fingerprint density at radius 1 is 1.52 bits per heavy atom. The third kappa shape index (κ3) is 4.66. The lowest BCUT2D eigenvalue weighted by molar-refractivity contribution is 0.0925. The number of amides is 1. The summed E-state index contributed by atoms with van der Waals surface area (Å²) in [6.45, 7) is 5.86. The summed E-state index contributed by atoms with van der Waals surface area (Å²) >= 11 is 3.25. The summed E-state index contributed by atoms with van der Waals surface area (Å²) in [6.07, 6.45) is 2.28. The number of carbonyl (C=O) groups excluding carboxylic acids is 1. The Balaban J connectivity index is 0.00000220. The lowest BCUT2D eigenvalue weighted by Crippen LogP contribution is -2.52. The zero-order valence-electron chi connectivity index (χ0n) is 12.2. The highest BCUT2D eigenvalue weighted by molar-refractivity contribution is 9.10. The number of nitrogens with one attached hydrogen (secondary N) is 2. The second kappa shape index (κ2) is 7.56. The van der Waals surface area contributed by atoms with E-state index in [9.17, 15) is 9.18 Å². The average molecular weight is 380 g/mol. The molecule has 1 amide bonds. The van der Waals surface area contributed by atoms with Gasteiger partial charge in [-0.05, 0) is 43.0 Å². The van der Waals surface area contributed by atoms with Crippen LogP contribution in [0, 0.1) is 11.2 Å². The van der Waals surface area contributed by atoms with Gasteiger partial charge < -0.3 is 10.6 Å². The average Bonchev–Trinajstić information content (AvgIpc) is 2.39. The molecular weight excluding hydrogens is 359 g/mol. The van der Waals surface area contributed by atoms with E-state index in [0.29, 0.717) is 11.0 Å². The van der Waals surface area contributed by atoms with Gasteiger partial charge in [0.15, 0.2) is 0 Å². The molecule has 1 unspecified atom stereocenters. The zero-order valence-corrected chi connectivity index (χ0v) is 14.6. The first kappa shape index (κ1) is 18.4. The molecule has 0 aromatic heterocycles. The van der Waals surface area contributed by atoms with Gasteiger partial charge in [0.1, 0.15) is 5.82 Å². The molecule has 1 fully saturated rings. The summed E-state index contributed by atoms with van der Waals surface area (Å²) in [6, 6.07) is 4.60. The van der Waals surface area contributed by atoms with Crippen molar-refractivity contribution < 1.29 is 9.18 Å². The van der Waals surface area contributed by atoms with Crippen LogP contribution >= 0.6 is 28.3 Å². The number of rotatable bonds is 3. The molecule has 2 rings (SSSR count). The topological polar surface area (TPSA) is 41.1 Å². The Bertz CT molecular complexity index is 510. The van der Waals surface area contributed by atoms with E-state index < -0.39 is 5.82 Å². The van der Waals surface area contributed by atoms with Crippen molar-refractivity contribution in [3.8, 4) is 0 Å².